The predicted molar refractivity (Wildman–Crippen MR) is 66.9 cm³/mol. The zero-order valence-electron chi connectivity index (χ0n) is 9.84. The number of carbonyl (C=O) groups is 2. The molecule has 1 heterocycles. The fraction of sp³-hybridized carbons (Fsp3) is 0.333. The standard InChI is InChI=1S/C12H13NO4.ClH/c1-16-11(14)9-4-2-8(3-5-9)10-6-7-17-12(15)13-10;/h2-5,10H,6-7H2,1H3,(H,13,15);1H/t10-;/m1./s1. The molecular formula is C12H14ClNO4. The predicted octanol–water partition coefficient (Wildman–Crippen LogP) is 2.07. The van der Waals surface area contributed by atoms with Crippen LogP contribution in [0.4, 0.5) is 4.79 Å². The second-order valence-electron chi connectivity index (χ2n) is 3.74. The van der Waals surface area contributed by atoms with Crippen LogP contribution in [0.15, 0.2) is 24.3 Å². The van der Waals surface area contributed by atoms with Crippen molar-refractivity contribution in [3.63, 3.8) is 0 Å². The number of alkyl carbamates (subject to hydrolysis) is 1. The Kier molecular flexibility index (Phi) is 4.97. The average Bonchev–Trinajstić information content (AvgIpc) is 2.38. The van der Waals surface area contributed by atoms with Crippen molar-refractivity contribution in [2.24, 2.45) is 0 Å². The summed E-state index contributed by atoms with van der Waals surface area (Å²) in [6.07, 6.45) is 0.321. The van der Waals surface area contributed by atoms with E-state index in [2.05, 4.69) is 10.1 Å². The number of methoxy groups -OCH3 is 1. The minimum absolute atomic E-state index is 0. The molecule has 1 saturated heterocycles. The number of hydrogen-bond donors (Lipinski definition) is 1. The molecule has 1 atom stereocenters. The maximum Gasteiger partial charge on any atom is 0.407 e. The molecule has 0 unspecified atom stereocenters. The molecule has 0 aromatic heterocycles. The van der Waals surface area contributed by atoms with Crippen molar-refractivity contribution in [2.45, 2.75) is 12.5 Å². The van der Waals surface area contributed by atoms with Crippen molar-refractivity contribution >= 4 is 24.5 Å². The van der Waals surface area contributed by atoms with Crippen molar-refractivity contribution in [1.82, 2.24) is 5.32 Å². The number of cyclic esters (lactones) is 1. The summed E-state index contributed by atoms with van der Waals surface area (Å²) >= 11 is 0. The SMILES string of the molecule is COC(=O)c1ccc([C@H]2CCOC(=O)N2)cc1.Cl. The van der Waals surface area contributed by atoms with Crippen molar-refractivity contribution < 1.29 is 19.1 Å². The van der Waals surface area contributed by atoms with Crippen molar-refractivity contribution in [3.8, 4) is 0 Å². The molecule has 5 nitrogen and oxygen atoms in total. The molecule has 1 aromatic rings. The third-order valence-electron chi connectivity index (χ3n) is 2.67. The third kappa shape index (κ3) is 3.13. The summed E-state index contributed by atoms with van der Waals surface area (Å²) in [5, 5.41) is 2.72. The van der Waals surface area contributed by atoms with Gasteiger partial charge in [0.25, 0.3) is 0 Å². The Balaban J connectivity index is 0.00000162. The van der Waals surface area contributed by atoms with Crippen LogP contribution in [0.25, 0.3) is 0 Å². The number of nitrogens with one attached hydrogen (secondary N) is 1. The summed E-state index contributed by atoms with van der Waals surface area (Å²) in [4.78, 5) is 22.3. The summed E-state index contributed by atoms with van der Waals surface area (Å²) < 4.78 is 9.39. The molecule has 0 bridgehead atoms. The van der Waals surface area contributed by atoms with E-state index in [0.717, 1.165) is 12.0 Å². The van der Waals surface area contributed by atoms with Gasteiger partial charge in [0.1, 0.15) is 0 Å². The number of rotatable bonds is 2. The van der Waals surface area contributed by atoms with Gasteiger partial charge in [0, 0.05) is 6.42 Å². The van der Waals surface area contributed by atoms with E-state index in [-0.39, 0.29) is 24.4 Å². The number of esters is 1. The second kappa shape index (κ2) is 6.26. The Morgan fingerprint density at radius 2 is 2.06 bits per heavy atom. The van der Waals surface area contributed by atoms with Gasteiger partial charge in [-0.25, -0.2) is 9.59 Å². The highest BCUT2D eigenvalue weighted by molar-refractivity contribution is 5.89. The van der Waals surface area contributed by atoms with E-state index < -0.39 is 6.09 Å². The highest BCUT2D eigenvalue weighted by atomic mass is 35.5. The minimum Gasteiger partial charge on any atom is -0.465 e. The van der Waals surface area contributed by atoms with E-state index in [1.165, 1.54) is 7.11 Å². The highest BCUT2D eigenvalue weighted by Crippen LogP contribution is 2.20. The van der Waals surface area contributed by atoms with Gasteiger partial charge in [-0.2, -0.15) is 0 Å². The molecule has 0 radical (unpaired) electrons. The normalized spacial score (nSPS) is 18.1. The molecule has 1 amide bonds. The first kappa shape index (κ1) is 14.3. The van der Waals surface area contributed by atoms with E-state index in [1.807, 2.05) is 12.1 Å². The first-order valence-corrected chi connectivity index (χ1v) is 5.32. The smallest absolute Gasteiger partial charge is 0.407 e. The lowest BCUT2D eigenvalue weighted by molar-refractivity contribution is 0.0600. The molecule has 0 aliphatic carbocycles. The molecule has 1 fully saturated rings. The van der Waals surface area contributed by atoms with Crippen LogP contribution in [0.1, 0.15) is 28.4 Å². The quantitative estimate of drug-likeness (QED) is 0.837. The Morgan fingerprint density at radius 1 is 1.39 bits per heavy atom. The van der Waals surface area contributed by atoms with Crippen LogP contribution >= 0.6 is 12.4 Å². The van der Waals surface area contributed by atoms with Crippen molar-refractivity contribution in [2.75, 3.05) is 13.7 Å². The lowest BCUT2D eigenvalue weighted by Gasteiger charge is -2.23. The molecule has 2 rings (SSSR count). The van der Waals surface area contributed by atoms with Crippen LogP contribution in [0.2, 0.25) is 0 Å². The molecule has 0 saturated carbocycles. The zero-order valence-corrected chi connectivity index (χ0v) is 10.7. The van der Waals surface area contributed by atoms with Gasteiger partial charge in [0.05, 0.1) is 25.3 Å². The first-order valence-electron chi connectivity index (χ1n) is 5.32. The number of hydrogen-bond acceptors (Lipinski definition) is 4. The van der Waals surface area contributed by atoms with E-state index >= 15 is 0 Å². The molecule has 0 spiro atoms. The van der Waals surface area contributed by atoms with Crippen LogP contribution in [-0.4, -0.2) is 25.8 Å². The lowest BCUT2D eigenvalue weighted by atomic mass is 10.0. The molecule has 98 valence electrons. The van der Waals surface area contributed by atoms with Crippen LogP contribution in [0.5, 0.6) is 0 Å². The van der Waals surface area contributed by atoms with Gasteiger partial charge >= 0.3 is 12.1 Å². The molecule has 1 aromatic carbocycles. The van der Waals surface area contributed by atoms with Crippen molar-refractivity contribution in [1.29, 1.82) is 0 Å². The second-order valence-corrected chi connectivity index (χ2v) is 3.74. The Bertz CT molecular complexity index is 432. The summed E-state index contributed by atoms with van der Waals surface area (Å²) in [6.45, 7) is 0.412. The van der Waals surface area contributed by atoms with Gasteiger partial charge < -0.3 is 14.8 Å². The molecule has 6 heteroatoms. The van der Waals surface area contributed by atoms with E-state index in [0.29, 0.717) is 12.2 Å². The van der Waals surface area contributed by atoms with Crippen molar-refractivity contribution in [3.05, 3.63) is 35.4 Å². The third-order valence-corrected chi connectivity index (χ3v) is 2.67. The van der Waals surface area contributed by atoms with Gasteiger partial charge in [-0.3, -0.25) is 0 Å². The topological polar surface area (TPSA) is 64.6 Å². The fourth-order valence-electron chi connectivity index (χ4n) is 1.74. The number of halogens is 1. The fourth-order valence-corrected chi connectivity index (χ4v) is 1.74. The highest BCUT2D eigenvalue weighted by Gasteiger charge is 2.20. The van der Waals surface area contributed by atoms with Gasteiger partial charge in [0.2, 0.25) is 0 Å². The maximum absolute atomic E-state index is 11.2. The summed E-state index contributed by atoms with van der Waals surface area (Å²) in [5.74, 6) is -0.368. The lowest BCUT2D eigenvalue weighted by Crippen LogP contribution is -2.35. The van der Waals surface area contributed by atoms with Crippen LogP contribution < -0.4 is 5.32 Å². The monoisotopic (exact) mass is 271 g/mol. The Morgan fingerprint density at radius 3 is 2.61 bits per heavy atom. The largest absolute Gasteiger partial charge is 0.465 e. The molecule has 1 aliphatic heterocycles. The summed E-state index contributed by atoms with van der Waals surface area (Å²) in [7, 11) is 1.34. The van der Waals surface area contributed by atoms with Crippen LogP contribution in [0, 0.1) is 0 Å². The summed E-state index contributed by atoms with van der Waals surface area (Å²) in [5.41, 5.74) is 1.45. The van der Waals surface area contributed by atoms with E-state index in [9.17, 15) is 9.59 Å². The van der Waals surface area contributed by atoms with E-state index in [1.54, 1.807) is 12.1 Å². The van der Waals surface area contributed by atoms with Crippen LogP contribution in [0.3, 0.4) is 0 Å². The summed E-state index contributed by atoms with van der Waals surface area (Å²) in [6, 6.07) is 6.93. The zero-order chi connectivity index (χ0) is 12.3. The van der Waals surface area contributed by atoms with Gasteiger partial charge in [-0.05, 0) is 17.7 Å². The first-order chi connectivity index (χ1) is 8.20. The van der Waals surface area contributed by atoms with Gasteiger partial charge in [0.15, 0.2) is 0 Å². The Hall–Kier alpha value is -1.75. The molecule has 18 heavy (non-hydrogen) atoms. The van der Waals surface area contributed by atoms with Gasteiger partial charge in [-0.1, -0.05) is 12.1 Å². The number of amides is 1. The number of benzene rings is 1. The molecule has 1 N–H and O–H groups in total. The number of carbonyl (C=O) groups excluding carboxylic acids is 2. The van der Waals surface area contributed by atoms with E-state index in [4.69, 9.17) is 4.74 Å². The number of ether oxygens (including phenoxy) is 2. The maximum atomic E-state index is 11.2. The van der Waals surface area contributed by atoms with Gasteiger partial charge in [-0.15, -0.1) is 12.4 Å². The molecular weight excluding hydrogens is 258 g/mol. The average molecular weight is 272 g/mol. The minimum atomic E-state index is -0.404. The molecule has 1 aliphatic rings. The van der Waals surface area contributed by atoms with Crippen LogP contribution in [-0.2, 0) is 9.47 Å². The Labute approximate surface area is 111 Å².